The van der Waals surface area contributed by atoms with Gasteiger partial charge in [-0.1, -0.05) is 30.7 Å². The predicted molar refractivity (Wildman–Crippen MR) is 69.5 cm³/mol. The van der Waals surface area contributed by atoms with Gasteiger partial charge in [0.05, 0.1) is 6.61 Å². The van der Waals surface area contributed by atoms with Crippen molar-refractivity contribution in [2.45, 2.75) is 0 Å². The molecule has 0 bridgehead atoms. The third-order valence-corrected chi connectivity index (χ3v) is 4.68. The lowest BCUT2D eigenvalue weighted by Gasteiger charge is -2.18. The number of ether oxygens (including phenoxy) is 1. The second-order valence-electron chi connectivity index (χ2n) is 3.33. The van der Waals surface area contributed by atoms with Crippen LogP contribution >= 0.6 is 7.37 Å². The molecule has 0 aromatic heterocycles. The van der Waals surface area contributed by atoms with E-state index >= 15 is 0 Å². The predicted octanol–water partition coefficient (Wildman–Crippen LogP) is 2.40. The molecule has 0 amide bonds. The van der Waals surface area contributed by atoms with Crippen LogP contribution in [0.4, 0.5) is 0 Å². The Labute approximate surface area is 102 Å². The van der Waals surface area contributed by atoms with Gasteiger partial charge in [0.15, 0.2) is 0 Å². The molecule has 0 aliphatic heterocycles. The van der Waals surface area contributed by atoms with Crippen LogP contribution in [0, 0.1) is 12.3 Å². The SMILES string of the molecule is C#CCOCC(=C)P(=O)(OC)c1ccccc1. The van der Waals surface area contributed by atoms with E-state index in [1.165, 1.54) is 7.11 Å². The molecule has 1 atom stereocenters. The van der Waals surface area contributed by atoms with Crippen LogP contribution in [0.15, 0.2) is 42.2 Å². The van der Waals surface area contributed by atoms with Crippen LogP contribution in [0.5, 0.6) is 0 Å². The van der Waals surface area contributed by atoms with E-state index in [2.05, 4.69) is 12.5 Å². The molecule has 17 heavy (non-hydrogen) atoms. The number of hydrogen-bond donors (Lipinski definition) is 0. The molecule has 4 heteroatoms. The maximum absolute atomic E-state index is 12.6. The topological polar surface area (TPSA) is 35.5 Å². The van der Waals surface area contributed by atoms with Crippen LogP contribution in [0.25, 0.3) is 0 Å². The van der Waals surface area contributed by atoms with Crippen molar-refractivity contribution in [1.82, 2.24) is 0 Å². The Balaban J connectivity index is 2.86. The Morgan fingerprint density at radius 2 is 2.12 bits per heavy atom. The summed E-state index contributed by atoms with van der Waals surface area (Å²) in [6.07, 6.45) is 5.06. The zero-order chi connectivity index (χ0) is 12.7. The van der Waals surface area contributed by atoms with Crippen molar-refractivity contribution < 1.29 is 13.8 Å². The summed E-state index contributed by atoms with van der Waals surface area (Å²) in [6, 6.07) is 8.95. The molecule has 0 radical (unpaired) electrons. The highest BCUT2D eigenvalue weighted by molar-refractivity contribution is 7.71. The van der Waals surface area contributed by atoms with E-state index in [1.807, 2.05) is 6.07 Å². The van der Waals surface area contributed by atoms with Crippen molar-refractivity contribution in [3.8, 4) is 12.3 Å². The van der Waals surface area contributed by atoms with Crippen LogP contribution < -0.4 is 5.30 Å². The molecular formula is C13H15O3P. The monoisotopic (exact) mass is 250 g/mol. The molecule has 90 valence electrons. The lowest BCUT2D eigenvalue weighted by atomic mass is 10.4. The maximum Gasteiger partial charge on any atom is 0.258 e. The Morgan fingerprint density at radius 1 is 1.47 bits per heavy atom. The highest BCUT2D eigenvalue weighted by Gasteiger charge is 2.28. The third kappa shape index (κ3) is 3.31. The maximum atomic E-state index is 12.6. The number of hydrogen-bond acceptors (Lipinski definition) is 3. The zero-order valence-corrected chi connectivity index (χ0v) is 10.7. The van der Waals surface area contributed by atoms with Gasteiger partial charge in [-0.3, -0.25) is 4.57 Å². The molecule has 0 saturated carbocycles. The molecule has 0 saturated heterocycles. The van der Waals surface area contributed by atoms with Gasteiger partial charge in [0.1, 0.15) is 6.61 Å². The lowest BCUT2D eigenvalue weighted by molar-refractivity contribution is 0.195. The number of terminal acetylenes is 1. The first-order valence-corrected chi connectivity index (χ1v) is 6.68. The van der Waals surface area contributed by atoms with Crippen molar-refractivity contribution in [1.29, 1.82) is 0 Å². The Kier molecular flexibility index (Phi) is 5.18. The lowest BCUT2D eigenvalue weighted by Crippen LogP contribution is -2.10. The van der Waals surface area contributed by atoms with Gasteiger partial charge in [-0.15, -0.1) is 6.42 Å². The molecule has 3 nitrogen and oxygen atoms in total. The fourth-order valence-corrected chi connectivity index (χ4v) is 3.01. The van der Waals surface area contributed by atoms with Gasteiger partial charge >= 0.3 is 0 Å². The van der Waals surface area contributed by atoms with Crippen molar-refractivity contribution in [3.05, 3.63) is 42.2 Å². The molecule has 1 unspecified atom stereocenters. The van der Waals surface area contributed by atoms with E-state index in [4.69, 9.17) is 15.7 Å². The van der Waals surface area contributed by atoms with E-state index in [1.54, 1.807) is 24.3 Å². The summed E-state index contributed by atoms with van der Waals surface area (Å²) in [6.45, 7) is 4.06. The van der Waals surface area contributed by atoms with Crippen LogP contribution in [0.3, 0.4) is 0 Å². The van der Waals surface area contributed by atoms with E-state index < -0.39 is 7.37 Å². The second kappa shape index (κ2) is 6.42. The normalized spacial score (nSPS) is 13.6. The molecule has 0 spiro atoms. The quantitative estimate of drug-likeness (QED) is 0.442. The first-order chi connectivity index (χ1) is 8.15. The average molecular weight is 250 g/mol. The molecule has 0 aliphatic rings. The van der Waals surface area contributed by atoms with Gasteiger partial charge in [0.2, 0.25) is 0 Å². The van der Waals surface area contributed by atoms with E-state index in [0.29, 0.717) is 10.6 Å². The molecule has 1 aromatic carbocycles. The van der Waals surface area contributed by atoms with Gasteiger partial charge in [-0.25, -0.2) is 0 Å². The van der Waals surface area contributed by atoms with Crippen molar-refractivity contribution in [2.75, 3.05) is 20.3 Å². The number of rotatable bonds is 6. The molecule has 1 rings (SSSR count). The molecule has 0 heterocycles. The van der Waals surface area contributed by atoms with Gasteiger partial charge < -0.3 is 9.26 Å². The minimum absolute atomic E-state index is 0.129. The largest absolute Gasteiger partial charge is 0.364 e. The molecule has 0 aliphatic carbocycles. The first-order valence-electron chi connectivity index (χ1n) is 5.06. The van der Waals surface area contributed by atoms with Crippen molar-refractivity contribution >= 4 is 12.7 Å². The van der Waals surface area contributed by atoms with Gasteiger partial charge in [0, 0.05) is 17.7 Å². The third-order valence-electron chi connectivity index (χ3n) is 2.22. The van der Waals surface area contributed by atoms with Crippen LogP contribution in [-0.4, -0.2) is 20.3 Å². The summed E-state index contributed by atoms with van der Waals surface area (Å²) >= 11 is 0. The van der Waals surface area contributed by atoms with Crippen molar-refractivity contribution in [2.24, 2.45) is 0 Å². The summed E-state index contributed by atoms with van der Waals surface area (Å²) in [4.78, 5) is 0. The van der Waals surface area contributed by atoms with Gasteiger partial charge in [-0.2, -0.15) is 0 Å². The molecular weight excluding hydrogens is 235 g/mol. The summed E-state index contributed by atoms with van der Waals surface area (Å²) < 4.78 is 22.9. The average Bonchev–Trinajstić information content (AvgIpc) is 2.39. The molecule has 1 aromatic rings. The van der Waals surface area contributed by atoms with Gasteiger partial charge in [-0.05, 0) is 12.1 Å². The van der Waals surface area contributed by atoms with Crippen LogP contribution in [-0.2, 0) is 13.8 Å². The summed E-state index contributed by atoms with van der Waals surface area (Å²) in [7, 11) is -1.67. The van der Waals surface area contributed by atoms with Gasteiger partial charge in [0.25, 0.3) is 7.37 Å². The Bertz CT molecular complexity index is 459. The Morgan fingerprint density at radius 3 is 2.65 bits per heavy atom. The summed E-state index contributed by atoms with van der Waals surface area (Å²) in [5, 5.41) is 1.01. The minimum Gasteiger partial charge on any atom is -0.364 e. The summed E-state index contributed by atoms with van der Waals surface area (Å²) in [5.41, 5.74) is 0. The molecule has 0 fully saturated rings. The summed E-state index contributed by atoms with van der Waals surface area (Å²) in [5.74, 6) is 2.34. The fourth-order valence-electron chi connectivity index (χ4n) is 1.35. The van der Waals surface area contributed by atoms with Crippen LogP contribution in [0.1, 0.15) is 0 Å². The van der Waals surface area contributed by atoms with E-state index in [9.17, 15) is 4.57 Å². The number of benzene rings is 1. The second-order valence-corrected chi connectivity index (χ2v) is 5.95. The minimum atomic E-state index is -3.07. The van der Waals surface area contributed by atoms with Crippen molar-refractivity contribution in [3.63, 3.8) is 0 Å². The highest BCUT2D eigenvalue weighted by atomic mass is 31.2. The molecule has 0 N–H and O–H groups in total. The fraction of sp³-hybridized carbons (Fsp3) is 0.231. The van der Waals surface area contributed by atoms with E-state index in [0.717, 1.165) is 0 Å². The standard InChI is InChI=1S/C13H15O3P/c1-4-10-16-11-12(2)17(14,15-3)13-8-6-5-7-9-13/h1,5-9H,2,10-11H2,3H3. The zero-order valence-electron chi connectivity index (χ0n) is 9.76. The van der Waals surface area contributed by atoms with Crippen LogP contribution in [0.2, 0.25) is 0 Å². The smallest absolute Gasteiger partial charge is 0.258 e. The first kappa shape index (κ1) is 13.7. The van der Waals surface area contributed by atoms with E-state index in [-0.39, 0.29) is 13.2 Å². The highest BCUT2D eigenvalue weighted by Crippen LogP contribution is 2.52. The Hall–Kier alpha value is -1.33.